The zero-order valence-corrected chi connectivity index (χ0v) is 15.7. The van der Waals surface area contributed by atoms with Gasteiger partial charge in [0, 0.05) is 39.3 Å². The lowest BCUT2D eigenvalue weighted by molar-refractivity contribution is -0.135. The van der Waals surface area contributed by atoms with E-state index in [0.29, 0.717) is 0 Å². The third-order valence-electron chi connectivity index (χ3n) is 5.31. The number of nitrogens with one attached hydrogen (secondary N) is 1. The van der Waals surface area contributed by atoms with Gasteiger partial charge >= 0.3 is 0 Å². The minimum Gasteiger partial charge on any atom is -1.00 e. The third kappa shape index (κ3) is 4.26. The van der Waals surface area contributed by atoms with Crippen LogP contribution in [0.4, 0.5) is 0 Å². The van der Waals surface area contributed by atoms with Crippen molar-refractivity contribution in [2.75, 3.05) is 26.2 Å². The number of hydrogen-bond acceptors (Lipinski definition) is 3. The highest BCUT2D eigenvalue weighted by Gasteiger charge is 2.29. The summed E-state index contributed by atoms with van der Waals surface area (Å²) in [6.45, 7) is 5.31. The maximum Gasteiger partial charge on any atom is 0.240 e. The number of carbonyl (C=O) groups excluding carboxylic acids is 1. The second-order valence-electron chi connectivity index (χ2n) is 6.99. The molecule has 4 nitrogen and oxygen atoms in total. The number of piperazine rings is 1. The highest BCUT2D eigenvalue weighted by Crippen LogP contribution is 2.18. The fourth-order valence-corrected chi connectivity index (χ4v) is 3.82. The molecule has 2 aromatic rings. The molecular weight excluding hydrogens is 346 g/mol. The van der Waals surface area contributed by atoms with Gasteiger partial charge in [0.05, 0.1) is 6.04 Å². The van der Waals surface area contributed by atoms with Gasteiger partial charge in [-0.25, -0.2) is 0 Å². The van der Waals surface area contributed by atoms with Crippen molar-refractivity contribution in [3.63, 3.8) is 0 Å². The van der Waals surface area contributed by atoms with E-state index in [1.54, 1.807) is 0 Å². The van der Waals surface area contributed by atoms with Crippen LogP contribution in [0.1, 0.15) is 16.7 Å². The van der Waals surface area contributed by atoms with Crippen LogP contribution in [0.15, 0.2) is 54.6 Å². The summed E-state index contributed by atoms with van der Waals surface area (Å²) in [6.07, 6.45) is 0.805. The predicted molar refractivity (Wildman–Crippen MR) is 99.1 cm³/mol. The zero-order chi connectivity index (χ0) is 17.1. The van der Waals surface area contributed by atoms with Crippen LogP contribution in [0.3, 0.4) is 0 Å². The van der Waals surface area contributed by atoms with Crippen LogP contribution in [0.2, 0.25) is 0 Å². The number of fused-ring (bicyclic) bond motifs is 1. The zero-order valence-electron chi connectivity index (χ0n) is 14.9. The summed E-state index contributed by atoms with van der Waals surface area (Å²) in [5, 5.41) is 3.42. The van der Waals surface area contributed by atoms with Crippen LogP contribution in [0.25, 0.3) is 0 Å². The van der Waals surface area contributed by atoms with Gasteiger partial charge in [-0.1, -0.05) is 54.6 Å². The molecule has 138 valence electrons. The van der Waals surface area contributed by atoms with Gasteiger partial charge in [0.1, 0.15) is 0 Å². The lowest BCUT2D eigenvalue weighted by Crippen LogP contribution is -3.00. The average Bonchev–Trinajstić information content (AvgIpc) is 2.68. The summed E-state index contributed by atoms with van der Waals surface area (Å²) in [6, 6.07) is 18.9. The van der Waals surface area contributed by atoms with E-state index in [1.807, 2.05) is 4.90 Å². The molecule has 0 bridgehead atoms. The summed E-state index contributed by atoms with van der Waals surface area (Å²) in [4.78, 5) is 17.3. The Morgan fingerprint density at radius 2 is 1.58 bits per heavy atom. The van der Waals surface area contributed by atoms with Gasteiger partial charge in [0.25, 0.3) is 0 Å². The Morgan fingerprint density at radius 3 is 2.31 bits per heavy atom. The topological polar surface area (TPSA) is 35.6 Å². The van der Waals surface area contributed by atoms with E-state index >= 15 is 0 Å². The Hall–Kier alpha value is -1.88. The third-order valence-corrected chi connectivity index (χ3v) is 5.31. The molecule has 0 aliphatic carbocycles. The van der Waals surface area contributed by atoms with E-state index in [0.717, 1.165) is 45.7 Å². The fraction of sp³-hybridized carbons (Fsp3) is 0.381. The first kappa shape index (κ1) is 18.9. The van der Waals surface area contributed by atoms with Gasteiger partial charge in [-0.2, -0.15) is 0 Å². The first-order valence-electron chi connectivity index (χ1n) is 9.15. The molecule has 0 unspecified atom stereocenters. The normalized spacial score (nSPS) is 20.2. The van der Waals surface area contributed by atoms with Crippen LogP contribution in [-0.2, 0) is 24.3 Å². The molecule has 26 heavy (non-hydrogen) atoms. The first-order chi connectivity index (χ1) is 12.3. The Labute approximate surface area is 161 Å². The van der Waals surface area contributed by atoms with Crippen molar-refractivity contribution in [3.05, 3.63) is 71.3 Å². The fourth-order valence-electron chi connectivity index (χ4n) is 3.82. The van der Waals surface area contributed by atoms with Crippen LogP contribution in [0.5, 0.6) is 0 Å². The molecule has 1 fully saturated rings. The van der Waals surface area contributed by atoms with Crippen LogP contribution >= 0.6 is 0 Å². The number of carbonyl (C=O) groups is 1. The smallest absolute Gasteiger partial charge is 0.240 e. The van der Waals surface area contributed by atoms with E-state index in [1.165, 1.54) is 16.7 Å². The summed E-state index contributed by atoms with van der Waals surface area (Å²) in [5.74, 6) is 0.258. The molecule has 2 aromatic carbocycles. The molecule has 0 spiro atoms. The van der Waals surface area contributed by atoms with E-state index in [4.69, 9.17) is 0 Å². The van der Waals surface area contributed by atoms with E-state index < -0.39 is 0 Å². The second kappa shape index (κ2) is 8.67. The summed E-state index contributed by atoms with van der Waals surface area (Å²) < 4.78 is 0. The highest BCUT2D eigenvalue weighted by molar-refractivity contribution is 5.82. The number of hydrogen-bond donors (Lipinski definition) is 1. The van der Waals surface area contributed by atoms with Crippen molar-refractivity contribution in [3.8, 4) is 0 Å². The lowest BCUT2D eigenvalue weighted by Gasteiger charge is -2.37. The Morgan fingerprint density at radius 1 is 0.923 bits per heavy atom. The molecule has 2 aliphatic heterocycles. The molecule has 1 atom stereocenters. The van der Waals surface area contributed by atoms with Gasteiger partial charge in [-0.05, 0) is 23.1 Å². The van der Waals surface area contributed by atoms with Crippen LogP contribution in [-0.4, -0.2) is 47.9 Å². The van der Waals surface area contributed by atoms with E-state index in [9.17, 15) is 4.79 Å². The minimum atomic E-state index is -0.0735. The summed E-state index contributed by atoms with van der Waals surface area (Å²) >= 11 is 0. The number of benzene rings is 2. The number of amides is 1. The molecule has 2 heterocycles. The molecule has 5 heteroatoms. The van der Waals surface area contributed by atoms with E-state index in [2.05, 4.69) is 64.8 Å². The second-order valence-corrected chi connectivity index (χ2v) is 6.99. The molecule has 0 radical (unpaired) electrons. The van der Waals surface area contributed by atoms with Gasteiger partial charge in [-0.3, -0.25) is 9.69 Å². The van der Waals surface area contributed by atoms with Gasteiger partial charge in [0.2, 0.25) is 5.91 Å². The van der Waals surface area contributed by atoms with Crippen LogP contribution < -0.4 is 17.7 Å². The molecule has 0 aromatic heterocycles. The van der Waals surface area contributed by atoms with Crippen molar-refractivity contribution in [2.24, 2.45) is 0 Å². The highest BCUT2D eigenvalue weighted by atomic mass is 35.5. The van der Waals surface area contributed by atoms with Crippen molar-refractivity contribution in [1.82, 2.24) is 15.1 Å². The molecular formula is C21H25ClN3O-. The maximum atomic E-state index is 12.9. The summed E-state index contributed by atoms with van der Waals surface area (Å²) in [7, 11) is 0. The van der Waals surface area contributed by atoms with Crippen molar-refractivity contribution in [1.29, 1.82) is 0 Å². The van der Waals surface area contributed by atoms with Crippen LogP contribution in [0, 0.1) is 0 Å². The Balaban J connectivity index is 0.00000196. The van der Waals surface area contributed by atoms with Crippen molar-refractivity contribution < 1.29 is 17.2 Å². The maximum absolute atomic E-state index is 12.9. The SMILES string of the molecule is O=C([C@@H]1Cc2ccccc2CN1)N1CCN(Cc2ccccc2)CC1.[Cl-]. The average molecular weight is 371 g/mol. The minimum absolute atomic E-state index is 0. The molecule has 4 rings (SSSR count). The number of rotatable bonds is 3. The summed E-state index contributed by atoms with van der Waals surface area (Å²) in [5.41, 5.74) is 3.97. The monoisotopic (exact) mass is 370 g/mol. The number of halogens is 1. The first-order valence-corrected chi connectivity index (χ1v) is 9.15. The van der Waals surface area contributed by atoms with Gasteiger partial charge < -0.3 is 22.6 Å². The molecule has 1 saturated heterocycles. The largest absolute Gasteiger partial charge is 1.00 e. The lowest BCUT2D eigenvalue weighted by atomic mass is 9.95. The molecule has 1 N–H and O–H groups in total. The quantitative estimate of drug-likeness (QED) is 0.756. The standard InChI is InChI=1S/C21H25N3O.ClH/c25-21(20-14-18-8-4-5-9-19(18)15-22-20)24-12-10-23(11-13-24)16-17-6-2-1-3-7-17;/h1-9,20,22H,10-16H2;1H/p-1/t20-;/m0./s1. The predicted octanol–water partition coefficient (Wildman–Crippen LogP) is -0.951. The van der Waals surface area contributed by atoms with Crippen molar-refractivity contribution >= 4 is 5.91 Å². The molecule has 1 amide bonds. The Bertz CT molecular complexity index is 729. The van der Waals surface area contributed by atoms with Gasteiger partial charge in [0.15, 0.2) is 0 Å². The van der Waals surface area contributed by atoms with Crippen molar-refractivity contribution in [2.45, 2.75) is 25.6 Å². The number of nitrogens with zero attached hydrogens (tertiary/aromatic N) is 2. The Kier molecular flexibility index (Phi) is 6.30. The van der Waals surface area contributed by atoms with E-state index in [-0.39, 0.29) is 24.4 Å². The molecule has 0 saturated carbocycles. The van der Waals surface area contributed by atoms with Gasteiger partial charge in [-0.15, -0.1) is 0 Å². The molecule has 2 aliphatic rings.